The molecule has 1 aliphatic heterocycles. The summed E-state index contributed by atoms with van der Waals surface area (Å²) in [5, 5.41) is 0. The van der Waals surface area contributed by atoms with Crippen LogP contribution in [0, 0.1) is 11.8 Å². The van der Waals surface area contributed by atoms with Crippen molar-refractivity contribution in [2.45, 2.75) is 24.2 Å². The molecule has 1 fully saturated rings. The third-order valence-electron chi connectivity index (χ3n) is 3.12. The topological polar surface area (TPSA) is 63.4 Å². The zero-order chi connectivity index (χ0) is 13.7. The van der Waals surface area contributed by atoms with Crippen molar-refractivity contribution >= 4 is 10.0 Å². The molecular formula is C14H18N2O2S. The van der Waals surface area contributed by atoms with E-state index in [0.717, 1.165) is 19.3 Å². The van der Waals surface area contributed by atoms with E-state index in [1.54, 1.807) is 28.6 Å². The average Bonchev–Trinajstić information content (AvgIpc) is 2.46. The van der Waals surface area contributed by atoms with Crippen LogP contribution >= 0.6 is 0 Å². The third-order valence-corrected chi connectivity index (χ3v) is 5.02. The van der Waals surface area contributed by atoms with Crippen molar-refractivity contribution in [2.75, 3.05) is 19.6 Å². The molecule has 1 aromatic carbocycles. The summed E-state index contributed by atoms with van der Waals surface area (Å²) in [6, 6.07) is 6.75. The van der Waals surface area contributed by atoms with Crippen LogP contribution in [-0.4, -0.2) is 32.4 Å². The van der Waals surface area contributed by atoms with Gasteiger partial charge in [0.2, 0.25) is 10.0 Å². The minimum atomic E-state index is -3.38. The smallest absolute Gasteiger partial charge is 0.243 e. The first-order chi connectivity index (χ1) is 9.14. The van der Waals surface area contributed by atoms with Gasteiger partial charge in [-0.25, -0.2) is 8.42 Å². The highest BCUT2D eigenvalue weighted by Crippen LogP contribution is 2.20. The fourth-order valence-electron chi connectivity index (χ4n) is 2.14. The molecule has 102 valence electrons. The molecule has 0 aliphatic carbocycles. The standard InChI is InChI=1S/C14H18N2O2S/c15-9-5-7-13-6-4-8-14(12-13)19(17,18)16-10-2-1-3-11-16/h4,6,8,12H,1-3,9-11,15H2. The van der Waals surface area contributed by atoms with Gasteiger partial charge in [0.25, 0.3) is 0 Å². The van der Waals surface area contributed by atoms with E-state index in [1.165, 1.54) is 0 Å². The predicted octanol–water partition coefficient (Wildman–Crippen LogP) is 1.17. The van der Waals surface area contributed by atoms with Crippen LogP contribution in [0.1, 0.15) is 24.8 Å². The summed E-state index contributed by atoms with van der Waals surface area (Å²) in [5.41, 5.74) is 6.00. The van der Waals surface area contributed by atoms with Crippen molar-refractivity contribution < 1.29 is 8.42 Å². The molecule has 0 spiro atoms. The molecule has 1 aliphatic rings. The first-order valence-electron chi connectivity index (χ1n) is 6.44. The SMILES string of the molecule is NCC#Cc1cccc(S(=O)(=O)N2CCCCC2)c1. The predicted molar refractivity (Wildman–Crippen MR) is 75.0 cm³/mol. The van der Waals surface area contributed by atoms with Crippen LogP contribution in [0.25, 0.3) is 0 Å². The lowest BCUT2D eigenvalue weighted by molar-refractivity contribution is 0.346. The van der Waals surface area contributed by atoms with Gasteiger partial charge in [-0.1, -0.05) is 24.3 Å². The van der Waals surface area contributed by atoms with Crippen molar-refractivity contribution in [2.24, 2.45) is 5.73 Å². The normalized spacial score (nSPS) is 16.7. The minimum Gasteiger partial charge on any atom is -0.320 e. The van der Waals surface area contributed by atoms with E-state index in [0.29, 0.717) is 23.5 Å². The maximum atomic E-state index is 12.5. The second-order valence-electron chi connectivity index (χ2n) is 4.50. The number of rotatable bonds is 2. The number of benzene rings is 1. The zero-order valence-corrected chi connectivity index (χ0v) is 11.6. The lowest BCUT2D eigenvalue weighted by Gasteiger charge is -2.25. The van der Waals surface area contributed by atoms with Gasteiger partial charge >= 0.3 is 0 Å². The molecular weight excluding hydrogens is 260 g/mol. The average molecular weight is 278 g/mol. The number of nitrogens with zero attached hydrogens (tertiary/aromatic N) is 1. The van der Waals surface area contributed by atoms with Gasteiger partial charge in [0.1, 0.15) is 0 Å². The number of nitrogens with two attached hydrogens (primary N) is 1. The Morgan fingerprint density at radius 2 is 1.95 bits per heavy atom. The zero-order valence-electron chi connectivity index (χ0n) is 10.8. The second kappa shape index (κ2) is 6.20. The quantitative estimate of drug-likeness (QED) is 0.826. The Kier molecular flexibility index (Phi) is 4.59. The molecule has 1 saturated heterocycles. The number of piperidine rings is 1. The summed E-state index contributed by atoms with van der Waals surface area (Å²) in [7, 11) is -3.38. The molecule has 0 atom stereocenters. The van der Waals surface area contributed by atoms with Crippen molar-refractivity contribution in [1.82, 2.24) is 4.31 Å². The summed E-state index contributed by atoms with van der Waals surface area (Å²) in [6.45, 7) is 1.49. The number of hydrogen-bond acceptors (Lipinski definition) is 3. The molecule has 0 aromatic heterocycles. The third kappa shape index (κ3) is 3.35. The van der Waals surface area contributed by atoms with Crippen LogP contribution in [0.15, 0.2) is 29.2 Å². The summed E-state index contributed by atoms with van der Waals surface area (Å²) in [4.78, 5) is 0.318. The van der Waals surface area contributed by atoms with E-state index in [-0.39, 0.29) is 6.54 Å². The molecule has 0 bridgehead atoms. The highest BCUT2D eigenvalue weighted by Gasteiger charge is 2.25. The molecule has 0 radical (unpaired) electrons. The Morgan fingerprint density at radius 3 is 2.63 bits per heavy atom. The second-order valence-corrected chi connectivity index (χ2v) is 6.44. The highest BCUT2D eigenvalue weighted by atomic mass is 32.2. The van der Waals surface area contributed by atoms with E-state index in [1.807, 2.05) is 0 Å². The van der Waals surface area contributed by atoms with Crippen LogP contribution in [0.5, 0.6) is 0 Å². The lowest BCUT2D eigenvalue weighted by atomic mass is 10.2. The summed E-state index contributed by atoms with van der Waals surface area (Å²) in [6.07, 6.45) is 2.98. The van der Waals surface area contributed by atoms with Gasteiger partial charge in [0, 0.05) is 18.7 Å². The molecule has 1 aromatic rings. The Hall–Kier alpha value is -1.35. The molecule has 5 heteroatoms. The maximum Gasteiger partial charge on any atom is 0.243 e. The van der Waals surface area contributed by atoms with Gasteiger partial charge in [-0.05, 0) is 31.0 Å². The van der Waals surface area contributed by atoms with Crippen LogP contribution in [0.3, 0.4) is 0 Å². The van der Waals surface area contributed by atoms with Gasteiger partial charge in [0.15, 0.2) is 0 Å². The first-order valence-corrected chi connectivity index (χ1v) is 7.88. The summed E-state index contributed by atoms with van der Waals surface area (Å²) < 4.78 is 26.5. The van der Waals surface area contributed by atoms with E-state index >= 15 is 0 Å². The monoisotopic (exact) mass is 278 g/mol. The van der Waals surface area contributed by atoms with E-state index in [9.17, 15) is 8.42 Å². The molecule has 0 amide bonds. The maximum absolute atomic E-state index is 12.5. The Morgan fingerprint density at radius 1 is 1.21 bits per heavy atom. The van der Waals surface area contributed by atoms with Gasteiger partial charge in [-0.15, -0.1) is 0 Å². The molecule has 0 unspecified atom stereocenters. The van der Waals surface area contributed by atoms with Crippen molar-refractivity contribution in [3.05, 3.63) is 29.8 Å². The Balaban J connectivity index is 2.29. The molecule has 1 heterocycles. The lowest BCUT2D eigenvalue weighted by Crippen LogP contribution is -2.35. The molecule has 2 rings (SSSR count). The largest absolute Gasteiger partial charge is 0.320 e. The van der Waals surface area contributed by atoms with Gasteiger partial charge in [-0.2, -0.15) is 4.31 Å². The summed E-state index contributed by atoms with van der Waals surface area (Å²) >= 11 is 0. The van der Waals surface area contributed by atoms with Crippen LogP contribution in [-0.2, 0) is 10.0 Å². The van der Waals surface area contributed by atoms with Crippen LogP contribution in [0.2, 0.25) is 0 Å². The Labute approximate surface area is 114 Å². The van der Waals surface area contributed by atoms with Crippen molar-refractivity contribution in [1.29, 1.82) is 0 Å². The fraction of sp³-hybridized carbons (Fsp3) is 0.429. The molecule has 19 heavy (non-hydrogen) atoms. The highest BCUT2D eigenvalue weighted by molar-refractivity contribution is 7.89. The van der Waals surface area contributed by atoms with Crippen molar-refractivity contribution in [3.63, 3.8) is 0 Å². The number of sulfonamides is 1. The van der Waals surface area contributed by atoms with Crippen molar-refractivity contribution in [3.8, 4) is 11.8 Å². The van der Waals surface area contributed by atoms with E-state index < -0.39 is 10.0 Å². The molecule has 4 nitrogen and oxygen atoms in total. The van der Waals surface area contributed by atoms with Crippen LogP contribution < -0.4 is 5.73 Å². The Bertz CT molecular complexity index is 593. The minimum absolute atomic E-state index is 0.267. The van der Waals surface area contributed by atoms with Gasteiger partial charge in [-0.3, -0.25) is 0 Å². The summed E-state index contributed by atoms with van der Waals surface area (Å²) in [5.74, 6) is 5.59. The van der Waals surface area contributed by atoms with Gasteiger partial charge < -0.3 is 5.73 Å². The van der Waals surface area contributed by atoms with E-state index in [4.69, 9.17) is 5.73 Å². The van der Waals surface area contributed by atoms with E-state index in [2.05, 4.69) is 11.8 Å². The number of hydrogen-bond donors (Lipinski definition) is 1. The van der Waals surface area contributed by atoms with Crippen LogP contribution in [0.4, 0.5) is 0 Å². The van der Waals surface area contributed by atoms with Gasteiger partial charge in [0.05, 0.1) is 11.4 Å². The molecule has 2 N–H and O–H groups in total. The fourth-order valence-corrected chi connectivity index (χ4v) is 3.71. The first kappa shape index (κ1) is 14.1. The molecule has 0 saturated carbocycles.